The van der Waals surface area contributed by atoms with Crippen LogP contribution in [0.2, 0.25) is 0 Å². The maximum absolute atomic E-state index is 9.12. The summed E-state index contributed by atoms with van der Waals surface area (Å²) in [6.07, 6.45) is 0. The van der Waals surface area contributed by atoms with E-state index in [2.05, 4.69) is 0 Å². The Morgan fingerprint density at radius 3 is 1.25 bits per heavy atom. The molecular formula is CrF2O. The van der Waals surface area contributed by atoms with Crippen LogP contribution >= 0.6 is 0 Å². The molecule has 0 spiro atoms. The summed E-state index contributed by atoms with van der Waals surface area (Å²) >= 11 is 0. The Morgan fingerprint density at radius 1 is 1.25 bits per heavy atom. The largest absolute Gasteiger partial charge is 0.0209 e. The third kappa shape index (κ3) is 34.6. The van der Waals surface area contributed by atoms with E-state index >= 15 is 0 Å². The monoisotopic (exact) mass is 106 g/mol. The zero-order valence-corrected chi connectivity index (χ0v) is 2.85. The Bertz CT molecular complexity index is 6.00. The zero-order valence-electron chi connectivity index (χ0n) is 1.57. The van der Waals surface area contributed by atoms with Crippen LogP contribution in [0.1, 0.15) is 0 Å². The predicted octanol–water partition coefficient (Wildman–Crippen LogP) is 0.770. The first-order valence-corrected chi connectivity index (χ1v) is 0.309. The summed E-state index contributed by atoms with van der Waals surface area (Å²) < 4.78 is 18.2. The van der Waals surface area contributed by atoms with Crippen LogP contribution in [0.25, 0.3) is 0 Å². The van der Waals surface area contributed by atoms with Crippen molar-refractivity contribution in [2.45, 2.75) is 0 Å². The van der Waals surface area contributed by atoms with Gasteiger partial charge < -0.3 is 0 Å². The minimum atomic E-state index is 0. The fourth-order valence-electron chi connectivity index (χ4n) is 0. The van der Waals surface area contributed by atoms with E-state index < -0.39 is 0 Å². The first-order valence-electron chi connectivity index (χ1n) is 0.309. The van der Waals surface area contributed by atoms with Crippen molar-refractivity contribution in [1.29, 1.82) is 0 Å². The minimum absolute atomic E-state index is 0. The number of rotatable bonds is 0. The molecular weight excluding hydrogens is 106 g/mol. The third-order valence-electron chi connectivity index (χ3n) is 0. The van der Waals surface area contributed by atoms with Crippen LogP contribution in [0, 0.1) is 0 Å². The SMILES string of the molecule is FOF.[Cr]. The van der Waals surface area contributed by atoms with Crippen molar-refractivity contribution in [2.75, 3.05) is 0 Å². The molecule has 0 amide bonds. The van der Waals surface area contributed by atoms with E-state index in [1.807, 2.05) is 0 Å². The molecule has 0 radical (unpaired) electrons. The Morgan fingerprint density at radius 2 is 1.25 bits per heavy atom. The Balaban J connectivity index is 0. The van der Waals surface area contributed by atoms with Crippen molar-refractivity contribution in [1.82, 2.24) is 0 Å². The second kappa shape index (κ2) is 10.1. The van der Waals surface area contributed by atoms with Gasteiger partial charge in [-0.3, -0.25) is 0 Å². The number of hydrogen-bond donors (Lipinski definition) is 0. The van der Waals surface area contributed by atoms with Crippen LogP contribution in [0.3, 0.4) is 0 Å². The Kier molecular flexibility index (Phi) is 22.4. The van der Waals surface area contributed by atoms with E-state index in [0.717, 1.165) is 0 Å². The van der Waals surface area contributed by atoms with Gasteiger partial charge >= 0.3 is 0 Å². The Hall–Kier alpha value is 0.352. The smallest absolute Gasteiger partial charge is 0.0104 e. The predicted molar refractivity (Wildman–Crippen MR) is 3.30 cm³/mol. The van der Waals surface area contributed by atoms with Gasteiger partial charge in [0.1, 0.15) is 0 Å². The molecule has 0 saturated heterocycles. The molecule has 0 aromatic heterocycles. The van der Waals surface area contributed by atoms with E-state index in [1.165, 1.54) is 5.15 Å². The molecule has 0 aliphatic heterocycles. The minimum Gasteiger partial charge on any atom is -0.0104 e. The van der Waals surface area contributed by atoms with E-state index in [0.29, 0.717) is 0 Å². The molecule has 0 rings (SSSR count). The molecule has 0 heterocycles. The molecule has 1 nitrogen and oxygen atoms in total. The summed E-state index contributed by atoms with van der Waals surface area (Å²) in [6, 6.07) is 0. The summed E-state index contributed by atoms with van der Waals surface area (Å²) in [7, 11) is 0. The van der Waals surface area contributed by atoms with Gasteiger partial charge in [0.05, 0.1) is 0 Å². The van der Waals surface area contributed by atoms with Gasteiger partial charge in [0, 0.05) is 22.5 Å². The van der Waals surface area contributed by atoms with Crippen molar-refractivity contribution in [2.24, 2.45) is 0 Å². The molecule has 4 heteroatoms. The topological polar surface area (TPSA) is 9.23 Å². The van der Waals surface area contributed by atoms with Crippen molar-refractivity contribution >= 4 is 0 Å². The van der Waals surface area contributed by atoms with Gasteiger partial charge in [0.2, 0.25) is 0 Å². The average Bonchev–Trinajstić information content (AvgIpc) is 0.918. The van der Waals surface area contributed by atoms with Gasteiger partial charge in [0.15, 0.2) is 0 Å². The van der Waals surface area contributed by atoms with E-state index in [1.54, 1.807) is 0 Å². The van der Waals surface area contributed by atoms with Crippen LogP contribution in [-0.4, -0.2) is 0 Å². The van der Waals surface area contributed by atoms with E-state index in [9.17, 15) is 0 Å². The van der Waals surface area contributed by atoms with Crippen LogP contribution in [0.5, 0.6) is 0 Å². The second-order valence-electron chi connectivity index (χ2n) is 0.0583. The van der Waals surface area contributed by atoms with Crippen LogP contribution < -0.4 is 0 Å². The van der Waals surface area contributed by atoms with Crippen LogP contribution in [0.15, 0.2) is 0 Å². The van der Waals surface area contributed by atoms with E-state index in [4.69, 9.17) is 9.05 Å². The van der Waals surface area contributed by atoms with Gasteiger partial charge in [0.25, 0.3) is 0 Å². The zero-order chi connectivity index (χ0) is 2.71. The van der Waals surface area contributed by atoms with Crippen molar-refractivity contribution < 1.29 is 31.6 Å². The molecule has 0 aromatic rings. The normalized spacial score (nSPS) is 4.50. The van der Waals surface area contributed by atoms with Crippen molar-refractivity contribution in [3.63, 3.8) is 0 Å². The third-order valence-corrected chi connectivity index (χ3v) is 0. The van der Waals surface area contributed by atoms with Gasteiger partial charge in [-0.1, -0.05) is 0 Å². The molecule has 0 N–H and O–H groups in total. The molecule has 0 aliphatic rings. The second-order valence-corrected chi connectivity index (χ2v) is 0.0583. The quantitative estimate of drug-likeness (QED) is 0.443. The number of halogens is 2. The fraction of sp³-hybridized carbons (Fsp3) is 0. The average molecular weight is 106 g/mol. The standard InChI is InChI=1S/Cr.F2O/c;1-3-2. The van der Waals surface area contributed by atoms with Gasteiger partial charge in [-0.05, 0) is 9.05 Å². The molecule has 0 bridgehead atoms. The Labute approximate surface area is 32.5 Å². The van der Waals surface area contributed by atoms with Crippen LogP contribution in [-0.2, 0) is 22.5 Å². The molecule has 0 atom stereocenters. The van der Waals surface area contributed by atoms with Crippen molar-refractivity contribution in [3.05, 3.63) is 0 Å². The maximum atomic E-state index is 9.12. The molecule has 0 aliphatic carbocycles. The first-order chi connectivity index (χ1) is 1.41. The van der Waals surface area contributed by atoms with Crippen LogP contribution in [0.4, 0.5) is 9.05 Å². The molecule has 0 fully saturated rings. The summed E-state index contributed by atoms with van der Waals surface area (Å²) in [5.74, 6) is 0. The van der Waals surface area contributed by atoms with Gasteiger partial charge in [-0.15, -0.1) is 0 Å². The summed E-state index contributed by atoms with van der Waals surface area (Å²) in [5.41, 5.74) is 0. The van der Waals surface area contributed by atoms with Gasteiger partial charge in [-0.25, -0.2) is 0 Å². The van der Waals surface area contributed by atoms with Crippen molar-refractivity contribution in [3.8, 4) is 0 Å². The maximum Gasteiger partial charge on any atom is 0.0209 e. The summed E-state index contributed by atoms with van der Waals surface area (Å²) in [6.45, 7) is 0. The summed E-state index contributed by atoms with van der Waals surface area (Å²) in [4.78, 5) is 0. The fourth-order valence-corrected chi connectivity index (χ4v) is 0. The van der Waals surface area contributed by atoms with Gasteiger partial charge in [-0.2, -0.15) is 0 Å². The summed E-state index contributed by atoms with van der Waals surface area (Å²) in [5, 5.41) is 1.25. The number of hydrogen-bond acceptors (Lipinski definition) is 1. The molecule has 26 valence electrons. The molecule has 0 aromatic carbocycles. The first kappa shape index (κ1) is 8.84. The molecule has 0 unspecified atom stereocenters. The van der Waals surface area contributed by atoms with E-state index in [-0.39, 0.29) is 17.4 Å². The molecule has 4 heavy (non-hydrogen) atoms. The molecule has 0 saturated carbocycles.